The smallest absolute Gasteiger partial charge is 0.0561 e. The van der Waals surface area contributed by atoms with Gasteiger partial charge in [-0.1, -0.05) is 17.7 Å². The second-order valence-electron chi connectivity index (χ2n) is 3.52. The first-order valence-corrected chi connectivity index (χ1v) is 5.10. The standard InChI is InChI=1S/C13H13N3/c1-11-2-4-13(5-3-11)16-15-10-12-6-8-14-9-7-12/h2-10,16H,1H3/b15-10-. The largest absolute Gasteiger partial charge is 0.279 e. The zero-order chi connectivity index (χ0) is 11.2. The van der Waals surface area contributed by atoms with Gasteiger partial charge in [0.25, 0.3) is 0 Å². The Kier molecular flexibility index (Phi) is 3.28. The minimum Gasteiger partial charge on any atom is -0.279 e. The van der Waals surface area contributed by atoms with Gasteiger partial charge in [-0.15, -0.1) is 0 Å². The quantitative estimate of drug-likeness (QED) is 0.626. The molecule has 0 aliphatic heterocycles. The Bertz CT molecular complexity index is 460. The van der Waals surface area contributed by atoms with Gasteiger partial charge in [0.15, 0.2) is 0 Å². The van der Waals surface area contributed by atoms with Crippen molar-refractivity contribution in [3.8, 4) is 0 Å². The topological polar surface area (TPSA) is 37.3 Å². The van der Waals surface area contributed by atoms with Gasteiger partial charge in [0, 0.05) is 12.4 Å². The second kappa shape index (κ2) is 5.07. The molecule has 3 heteroatoms. The third-order valence-corrected chi connectivity index (χ3v) is 2.16. The fraction of sp³-hybridized carbons (Fsp3) is 0.0769. The maximum absolute atomic E-state index is 4.14. The van der Waals surface area contributed by atoms with E-state index in [0.717, 1.165) is 11.3 Å². The summed E-state index contributed by atoms with van der Waals surface area (Å²) in [5.74, 6) is 0. The molecule has 0 saturated heterocycles. The maximum atomic E-state index is 4.14. The Morgan fingerprint density at radius 2 is 1.75 bits per heavy atom. The van der Waals surface area contributed by atoms with E-state index in [4.69, 9.17) is 0 Å². The number of anilines is 1. The normalized spacial score (nSPS) is 10.6. The first-order valence-electron chi connectivity index (χ1n) is 5.10. The van der Waals surface area contributed by atoms with Crippen molar-refractivity contribution >= 4 is 11.9 Å². The fourth-order valence-electron chi connectivity index (χ4n) is 1.26. The molecule has 16 heavy (non-hydrogen) atoms. The van der Waals surface area contributed by atoms with E-state index in [1.54, 1.807) is 18.6 Å². The van der Waals surface area contributed by atoms with Crippen LogP contribution < -0.4 is 5.43 Å². The summed E-state index contributed by atoms with van der Waals surface area (Å²) in [6.07, 6.45) is 5.25. The molecule has 0 aliphatic carbocycles. The van der Waals surface area contributed by atoms with E-state index in [-0.39, 0.29) is 0 Å². The van der Waals surface area contributed by atoms with E-state index in [1.165, 1.54) is 5.56 Å². The highest BCUT2D eigenvalue weighted by Gasteiger charge is 1.88. The van der Waals surface area contributed by atoms with Crippen LogP contribution in [-0.2, 0) is 0 Å². The highest BCUT2D eigenvalue weighted by atomic mass is 15.3. The number of nitrogens with zero attached hydrogens (tertiary/aromatic N) is 2. The summed E-state index contributed by atoms with van der Waals surface area (Å²) in [7, 11) is 0. The van der Waals surface area contributed by atoms with Crippen LogP contribution in [0, 0.1) is 6.92 Å². The first-order chi connectivity index (χ1) is 7.84. The Hall–Kier alpha value is -2.16. The van der Waals surface area contributed by atoms with E-state index >= 15 is 0 Å². The number of nitrogens with one attached hydrogen (secondary N) is 1. The molecule has 3 nitrogen and oxygen atoms in total. The number of aryl methyl sites for hydroxylation is 1. The van der Waals surface area contributed by atoms with Crippen molar-refractivity contribution in [2.45, 2.75) is 6.92 Å². The van der Waals surface area contributed by atoms with Gasteiger partial charge < -0.3 is 0 Å². The average Bonchev–Trinajstić information content (AvgIpc) is 2.33. The molecule has 1 heterocycles. The van der Waals surface area contributed by atoms with E-state index in [1.807, 2.05) is 36.4 Å². The molecule has 2 rings (SSSR count). The predicted octanol–water partition coefficient (Wildman–Crippen LogP) is 2.84. The van der Waals surface area contributed by atoms with Gasteiger partial charge in [0.05, 0.1) is 11.9 Å². The molecule has 1 N–H and O–H groups in total. The first kappa shape index (κ1) is 10.4. The van der Waals surface area contributed by atoms with Crippen LogP contribution in [0.5, 0.6) is 0 Å². The van der Waals surface area contributed by atoms with Crippen LogP contribution in [-0.4, -0.2) is 11.2 Å². The van der Waals surface area contributed by atoms with Crippen molar-refractivity contribution in [2.24, 2.45) is 5.10 Å². The molecule has 1 aromatic heterocycles. The monoisotopic (exact) mass is 211 g/mol. The lowest BCUT2D eigenvalue weighted by Crippen LogP contribution is -1.90. The molecule has 0 saturated carbocycles. The maximum Gasteiger partial charge on any atom is 0.0561 e. The molecule has 0 bridgehead atoms. The fourth-order valence-corrected chi connectivity index (χ4v) is 1.26. The molecule has 0 aliphatic rings. The molecule has 0 unspecified atom stereocenters. The Morgan fingerprint density at radius 1 is 1.06 bits per heavy atom. The third-order valence-electron chi connectivity index (χ3n) is 2.16. The lowest BCUT2D eigenvalue weighted by atomic mass is 10.2. The number of hydrogen-bond donors (Lipinski definition) is 1. The highest BCUT2D eigenvalue weighted by molar-refractivity contribution is 5.79. The molecule has 0 amide bonds. The van der Waals surface area contributed by atoms with Crippen LogP contribution in [0.2, 0.25) is 0 Å². The van der Waals surface area contributed by atoms with Gasteiger partial charge in [-0.05, 0) is 36.8 Å². The van der Waals surface area contributed by atoms with Crippen LogP contribution in [0.4, 0.5) is 5.69 Å². The van der Waals surface area contributed by atoms with Crippen molar-refractivity contribution in [1.82, 2.24) is 4.98 Å². The Morgan fingerprint density at radius 3 is 2.44 bits per heavy atom. The zero-order valence-corrected chi connectivity index (χ0v) is 9.09. The minimum absolute atomic E-state index is 0.982. The van der Waals surface area contributed by atoms with Gasteiger partial charge >= 0.3 is 0 Å². The van der Waals surface area contributed by atoms with E-state index in [0.29, 0.717) is 0 Å². The van der Waals surface area contributed by atoms with Gasteiger partial charge in [-0.25, -0.2) is 0 Å². The van der Waals surface area contributed by atoms with Crippen LogP contribution in [0.3, 0.4) is 0 Å². The summed E-state index contributed by atoms with van der Waals surface area (Å²) in [6.45, 7) is 2.06. The molecule has 80 valence electrons. The number of benzene rings is 1. The van der Waals surface area contributed by atoms with Crippen molar-refractivity contribution in [3.63, 3.8) is 0 Å². The Balaban J connectivity index is 1.97. The van der Waals surface area contributed by atoms with Gasteiger partial charge in [0.2, 0.25) is 0 Å². The number of pyridine rings is 1. The van der Waals surface area contributed by atoms with Crippen molar-refractivity contribution in [3.05, 3.63) is 59.9 Å². The molecule has 0 spiro atoms. The highest BCUT2D eigenvalue weighted by Crippen LogP contribution is 2.08. The van der Waals surface area contributed by atoms with Gasteiger partial charge in [-0.3, -0.25) is 10.4 Å². The molecule has 1 aromatic carbocycles. The van der Waals surface area contributed by atoms with E-state index < -0.39 is 0 Å². The molecular weight excluding hydrogens is 198 g/mol. The van der Waals surface area contributed by atoms with Crippen LogP contribution >= 0.6 is 0 Å². The number of hydrogen-bond acceptors (Lipinski definition) is 3. The van der Waals surface area contributed by atoms with Crippen LogP contribution in [0.25, 0.3) is 0 Å². The lowest BCUT2D eigenvalue weighted by Gasteiger charge is -1.99. The third kappa shape index (κ3) is 2.92. The van der Waals surface area contributed by atoms with Crippen molar-refractivity contribution in [2.75, 3.05) is 5.43 Å². The predicted molar refractivity (Wildman–Crippen MR) is 66.6 cm³/mol. The number of aromatic nitrogens is 1. The van der Waals surface area contributed by atoms with Gasteiger partial charge in [-0.2, -0.15) is 5.10 Å². The molecule has 0 atom stereocenters. The van der Waals surface area contributed by atoms with Crippen LogP contribution in [0.1, 0.15) is 11.1 Å². The van der Waals surface area contributed by atoms with Crippen LogP contribution in [0.15, 0.2) is 53.9 Å². The summed E-state index contributed by atoms with van der Waals surface area (Å²) >= 11 is 0. The molecule has 0 fully saturated rings. The summed E-state index contributed by atoms with van der Waals surface area (Å²) in [6, 6.07) is 11.9. The van der Waals surface area contributed by atoms with E-state index in [2.05, 4.69) is 22.4 Å². The molecule has 0 radical (unpaired) electrons. The second-order valence-corrected chi connectivity index (χ2v) is 3.52. The lowest BCUT2D eigenvalue weighted by molar-refractivity contribution is 1.31. The summed E-state index contributed by atoms with van der Waals surface area (Å²) in [5, 5.41) is 4.14. The van der Waals surface area contributed by atoms with Crippen molar-refractivity contribution < 1.29 is 0 Å². The molecule has 2 aromatic rings. The zero-order valence-electron chi connectivity index (χ0n) is 9.09. The number of hydrazone groups is 1. The van der Waals surface area contributed by atoms with E-state index in [9.17, 15) is 0 Å². The van der Waals surface area contributed by atoms with Crippen molar-refractivity contribution in [1.29, 1.82) is 0 Å². The average molecular weight is 211 g/mol. The van der Waals surface area contributed by atoms with Gasteiger partial charge in [0.1, 0.15) is 0 Å². The SMILES string of the molecule is Cc1ccc(N/N=C\c2ccncc2)cc1. The summed E-state index contributed by atoms with van der Waals surface area (Å²) < 4.78 is 0. The Labute approximate surface area is 94.9 Å². The summed E-state index contributed by atoms with van der Waals surface area (Å²) in [5.41, 5.74) is 6.21. The molecular formula is C13H13N3. The number of rotatable bonds is 3. The summed E-state index contributed by atoms with van der Waals surface area (Å²) in [4.78, 5) is 3.94. The minimum atomic E-state index is 0.982.